The molecule has 1 aromatic carbocycles. The van der Waals surface area contributed by atoms with Crippen molar-refractivity contribution in [2.45, 2.75) is 13.0 Å². The molecule has 0 unspecified atom stereocenters. The molecule has 0 atom stereocenters. The quantitative estimate of drug-likeness (QED) is 0.725. The summed E-state index contributed by atoms with van der Waals surface area (Å²) in [5, 5.41) is 0. The summed E-state index contributed by atoms with van der Waals surface area (Å²) in [4.78, 5) is 8.71. The smallest absolute Gasteiger partial charge is 0.137 e. The molecule has 2 aromatic heterocycles. The van der Waals surface area contributed by atoms with Gasteiger partial charge in [-0.2, -0.15) is 0 Å². The Balaban J connectivity index is 1.82. The first kappa shape index (κ1) is 14.0. The molecule has 0 saturated heterocycles. The summed E-state index contributed by atoms with van der Waals surface area (Å²) in [5.74, 6) is 1.64. The molecule has 0 aliphatic heterocycles. The van der Waals surface area contributed by atoms with Gasteiger partial charge in [-0.05, 0) is 33.6 Å². The zero-order valence-electron chi connectivity index (χ0n) is 11.5. The van der Waals surface area contributed by atoms with E-state index in [4.69, 9.17) is 0 Å². The van der Waals surface area contributed by atoms with Crippen molar-refractivity contribution >= 4 is 15.9 Å². The van der Waals surface area contributed by atoms with Crippen molar-refractivity contribution < 1.29 is 4.39 Å². The number of nitrogens with zero attached hydrogens (tertiary/aromatic N) is 4. The van der Waals surface area contributed by atoms with Gasteiger partial charge in [-0.3, -0.25) is 0 Å². The maximum absolute atomic E-state index is 13.3. The van der Waals surface area contributed by atoms with Crippen LogP contribution in [0.25, 0.3) is 0 Å². The van der Waals surface area contributed by atoms with Gasteiger partial charge in [0, 0.05) is 38.4 Å². The molecule has 2 heterocycles. The van der Waals surface area contributed by atoms with Crippen LogP contribution in [0.15, 0.2) is 47.5 Å². The second-order valence-corrected chi connectivity index (χ2v) is 5.71. The van der Waals surface area contributed by atoms with E-state index in [9.17, 15) is 4.39 Å². The van der Waals surface area contributed by atoms with E-state index < -0.39 is 0 Å². The van der Waals surface area contributed by atoms with Crippen LogP contribution in [0, 0.1) is 5.82 Å². The minimum atomic E-state index is -0.252. The van der Waals surface area contributed by atoms with Crippen LogP contribution in [0.3, 0.4) is 0 Å². The lowest BCUT2D eigenvalue weighted by Crippen LogP contribution is -2.08. The van der Waals surface area contributed by atoms with E-state index in [1.54, 1.807) is 24.5 Å². The highest BCUT2D eigenvalue weighted by atomic mass is 79.9. The predicted octanol–water partition coefficient (Wildman–Crippen LogP) is 3.16. The van der Waals surface area contributed by atoms with Gasteiger partial charge in [-0.15, -0.1) is 0 Å². The Kier molecular flexibility index (Phi) is 3.88. The van der Waals surface area contributed by atoms with Gasteiger partial charge in [0.2, 0.25) is 0 Å². The minimum absolute atomic E-state index is 0.252. The lowest BCUT2D eigenvalue weighted by Gasteiger charge is -2.09. The number of aromatic nitrogens is 4. The lowest BCUT2D eigenvalue weighted by atomic mass is 10.2. The summed E-state index contributed by atoms with van der Waals surface area (Å²) >= 11 is 3.21. The summed E-state index contributed by atoms with van der Waals surface area (Å²) in [6.45, 7) is 0.651. The van der Waals surface area contributed by atoms with Gasteiger partial charge in [-0.1, -0.05) is 6.07 Å². The predicted molar refractivity (Wildman–Crippen MR) is 81.4 cm³/mol. The van der Waals surface area contributed by atoms with Crippen LogP contribution >= 0.6 is 15.9 Å². The molecule has 0 N–H and O–H groups in total. The van der Waals surface area contributed by atoms with Crippen molar-refractivity contribution in [1.82, 2.24) is 19.1 Å². The maximum Gasteiger partial charge on any atom is 0.137 e. The molecule has 0 amide bonds. The first-order valence-electron chi connectivity index (χ1n) is 6.53. The molecule has 0 radical (unpaired) electrons. The number of hydrogen-bond acceptors (Lipinski definition) is 2. The van der Waals surface area contributed by atoms with Crippen LogP contribution in [-0.2, 0) is 20.0 Å². The van der Waals surface area contributed by atoms with Gasteiger partial charge < -0.3 is 9.13 Å². The molecule has 3 aromatic rings. The van der Waals surface area contributed by atoms with Crippen LogP contribution in [-0.4, -0.2) is 19.1 Å². The van der Waals surface area contributed by atoms with Crippen molar-refractivity contribution in [3.63, 3.8) is 0 Å². The van der Waals surface area contributed by atoms with Gasteiger partial charge >= 0.3 is 0 Å². The highest BCUT2D eigenvalue weighted by Gasteiger charge is 2.09. The number of imidazole rings is 2. The van der Waals surface area contributed by atoms with Crippen molar-refractivity contribution in [3.05, 3.63) is 70.5 Å². The lowest BCUT2D eigenvalue weighted by molar-refractivity contribution is 0.619. The van der Waals surface area contributed by atoms with Gasteiger partial charge in [0.25, 0.3) is 0 Å². The standard InChI is InChI=1S/C15H14BrFN4/c1-20-6-4-18-14(20)9-15-19-5-7-21(15)10-11-2-3-13(17)12(16)8-11/h2-8H,9-10H2,1H3. The molecule has 0 aliphatic carbocycles. The van der Waals surface area contributed by atoms with E-state index in [-0.39, 0.29) is 5.82 Å². The number of halogens is 2. The number of rotatable bonds is 4. The SMILES string of the molecule is Cn1ccnc1Cc1nccn1Cc1ccc(F)c(Br)c1. The van der Waals surface area contributed by atoms with Crippen LogP contribution in [0.2, 0.25) is 0 Å². The van der Waals surface area contributed by atoms with E-state index in [2.05, 4.69) is 25.9 Å². The largest absolute Gasteiger partial charge is 0.338 e. The third-order valence-corrected chi connectivity index (χ3v) is 3.98. The first-order chi connectivity index (χ1) is 10.1. The fourth-order valence-corrected chi connectivity index (χ4v) is 2.62. The summed E-state index contributed by atoms with van der Waals surface area (Å²) in [5.41, 5.74) is 1.02. The molecule has 3 rings (SSSR count). The van der Waals surface area contributed by atoms with Crippen molar-refractivity contribution in [3.8, 4) is 0 Å². The third kappa shape index (κ3) is 3.05. The van der Waals surface area contributed by atoms with Crippen molar-refractivity contribution in [2.24, 2.45) is 7.05 Å². The molecule has 0 aliphatic rings. The van der Waals surface area contributed by atoms with Gasteiger partial charge in [-0.25, -0.2) is 14.4 Å². The molecule has 6 heteroatoms. The Morgan fingerprint density at radius 3 is 2.62 bits per heavy atom. The average Bonchev–Trinajstić information content (AvgIpc) is 3.05. The van der Waals surface area contributed by atoms with Gasteiger partial charge in [0.1, 0.15) is 17.5 Å². The Morgan fingerprint density at radius 2 is 1.90 bits per heavy atom. The topological polar surface area (TPSA) is 35.6 Å². The second kappa shape index (κ2) is 5.81. The zero-order chi connectivity index (χ0) is 14.8. The Labute approximate surface area is 130 Å². The van der Waals surface area contributed by atoms with Crippen LogP contribution < -0.4 is 0 Å². The van der Waals surface area contributed by atoms with Crippen molar-refractivity contribution in [2.75, 3.05) is 0 Å². The maximum atomic E-state index is 13.3. The molecular weight excluding hydrogens is 335 g/mol. The average molecular weight is 349 g/mol. The second-order valence-electron chi connectivity index (χ2n) is 4.85. The fourth-order valence-electron chi connectivity index (χ4n) is 2.19. The molecule has 0 spiro atoms. The zero-order valence-corrected chi connectivity index (χ0v) is 13.1. The van der Waals surface area contributed by atoms with Gasteiger partial charge in [0.05, 0.1) is 10.9 Å². The highest BCUT2D eigenvalue weighted by molar-refractivity contribution is 9.10. The molecule has 0 bridgehead atoms. The third-order valence-electron chi connectivity index (χ3n) is 3.38. The first-order valence-corrected chi connectivity index (χ1v) is 7.33. The van der Waals surface area contributed by atoms with Gasteiger partial charge in [0.15, 0.2) is 0 Å². The van der Waals surface area contributed by atoms with Crippen LogP contribution in [0.1, 0.15) is 17.2 Å². The Bertz CT molecular complexity index is 763. The number of aryl methyl sites for hydroxylation is 1. The summed E-state index contributed by atoms with van der Waals surface area (Å²) < 4.78 is 17.8. The van der Waals surface area contributed by atoms with E-state index >= 15 is 0 Å². The number of benzene rings is 1. The summed E-state index contributed by atoms with van der Waals surface area (Å²) in [6, 6.07) is 5.04. The van der Waals surface area contributed by atoms with E-state index in [0.29, 0.717) is 17.4 Å². The van der Waals surface area contributed by atoms with E-state index in [1.807, 2.05) is 28.6 Å². The molecule has 108 valence electrons. The van der Waals surface area contributed by atoms with Crippen LogP contribution in [0.4, 0.5) is 4.39 Å². The summed E-state index contributed by atoms with van der Waals surface area (Å²) in [6.07, 6.45) is 8.06. The highest BCUT2D eigenvalue weighted by Crippen LogP contribution is 2.18. The summed E-state index contributed by atoms with van der Waals surface area (Å²) in [7, 11) is 1.96. The molecule has 4 nitrogen and oxygen atoms in total. The minimum Gasteiger partial charge on any atom is -0.338 e. The Morgan fingerprint density at radius 1 is 1.14 bits per heavy atom. The molecule has 0 fully saturated rings. The van der Waals surface area contributed by atoms with E-state index in [0.717, 1.165) is 17.2 Å². The molecular formula is C15H14BrFN4. The monoisotopic (exact) mass is 348 g/mol. The number of hydrogen-bond donors (Lipinski definition) is 0. The molecule has 21 heavy (non-hydrogen) atoms. The molecule has 0 saturated carbocycles. The van der Waals surface area contributed by atoms with Crippen LogP contribution in [0.5, 0.6) is 0 Å². The van der Waals surface area contributed by atoms with E-state index in [1.165, 1.54) is 6.07 Å². The van der Waals surface area contributed by atoms with Crippen molar-refractivity contribution in [1.29, 1.82) is 0 Å². The Hall–Kier alpha value is -1.95. The normalized spacial score (nSPS) is 11.0. The fraction of sp³-hybridized carbons (Fsp3) is 0.200.